The fraction of sp³-hybridized carbons (Fsp3) is 0.214. The summed E-state index contributed by atoms with van der Waals surface area (Å²) in [5, 5.41) is 15.7. The minimum absolute atomic E-state index is 0.00521. The first kappa shape index (κ1) is 24.5. The van der Waals surface area contributed by atoms with Gasteiger partial charge in [-0.1, -0.05) is 36.4 Å². The van der Waals surface area contributed by atoms with Gasteiger partial charge in [0.05, 0.1) is 35.5 Å². The average molecular weight is 514 g/mol. The summed E-state index contributed by atoms with van der Waals surface area (Å²) in [5.41, 5.74) is 5.61. The van der Waals surface area contributed by atoms with E-state index in [2.05, 4.69) is 33.4 Å². The number of rotatable bonds is 7. The van der Waals surface area contributed by atoms with Gasteiger partial charge in [-0.15, -0.1) is 0 Å². The van der Waals surface area contributed by atoms with Gasteiger partial charge in [0.15, 0.2) is 5.11 Å². The summed E-state index contributed by atoms with van der Waals surface area (Å²) < 4.78 is 7.60. The molecule has 37 heavy (non-hydrogen) atoms. The Bertz CT molecular complexity index is 1460. The molecule has 2 aromatic heterocycles. The molecule has 1 N–H and O–H groups in total. The van der Waals surface area contributed by atoms with Gasteiger partial charge in [0.25, 0.3) is 5.69 Å². The average Bonchev–Trinajstić information content (AvgIpc) is 3.39. The Labute approximate surface area is 220 Å². The molecule has 0 amide bonds. The molecule has 0 saturated carbocycles. The molecule has 0 radical (unpaired) electrons. The van der Waals surface area contributed by atoms with Gasteiger partial charge in [-0.3, -0.25) is 15.1 Å². The SMILES string of the molecule is COc1ccc([N+](=O)[O-])cc1-n1c(C)cc([C@@H]2[C@@H](c3ccccn3)NC(=S)N2Cc2ccccc2)c1C. The van der Waals surface area contributed by atoms with Gasteiger partial charge in [-0.25, -0.2) is 0 Å². The number of aromatic nitrogens is 2. The smallest absolute Gasteiger partial charge is 0.271 e. The maximum atomic E-state index is 11.5. The molecule has 4 aromatic rings. The van der Waals surface area contributed by atoms with E-state index in [0.29, 0.717) is 23.1 Å². The minimum Gasteiger partial charge on any atom is -0.495 e. The molecule has 0 unspecified atom stereocenters. The van der Waals surface area contributed by atoms with Crippen LogP contribution in [-0.2, 0) is 6.54 Å². The lowest BCUT2D eigenvalue weighted by Crippen LogP contribution is -2.29. The molecular formula is C28H27N5O3S. The molecular weight excluding hydrogens is 486 g/mol. The van der Waals surface area contributed by atoms with Gasteiger partial charge >= 0.3 is 0 Å². The lowest BCUT2D eigenvalue weighted by Gasteiger charge is -2.28. The predicted molar refractivity (Wildman–Crippen MR) is 146 cm³/mol. The Morgan fingerprint density at radius 2 is 1.84 bits per heavy atom. The van der Waals surface area contributed by atoms with Crippen molar-refractivity contribution in [2.75, 3.05) is 7.11 Å². The molecule has 1 fully saturated rings. The van der Waals surface area contributed by atoms with Crippen LogP contribution in [0.2, 0.25) is 0 Å². The summed E-state index contributed by atoms with van der Waals surface area (Å²) in [6.07, 6.45) is 1.79. The van der Waals surface area contributed by atoms with Gasteiger partial charge in [0.1, 0.15) is 5.75 Å². The molecule has 2 aromatic carbocycles. The molecule has 9 heteroatoms. The summed E-state index contributed by atoms with van der Waals surface area (Å²) in [6, 6.07) is 22.5. The lowest BCUT2D eigenvalue weighted by molar-refractivity contribution is -0.384. The minimum atomic E-state index is -0.393. The molecule has 0 spiro atoms. The number of nitro groups is 1. The van der Waals surface area contributed by atoms with Crippen LogP contribution in [-0.4, -0.2) is 31.6 Å². The number of benzene rings is 2. The number of nitrogens with zero attached hydrogens (tertiary/aromatic N) is 4. The Kier molecular flexibility index (Phi) is 6.62. The second kappa shape index (κ2) is 10.0. The third kappa shape index (κ3) is 4.53. The Balaban J connectivity index is 1.66. The highest BCUT2D eigenvalue weighted by Gasteiger charge is 2.41. The predicted octanol–water partition coefficient (Wildman–Crippen LogP) is 5.58. The standard InChI is InChI=1S/C28H27N5O3S/c1-18-15-22(19(2)32(18)24-16-21(33(34)35)12-13-25(24)36-3)27-26(23-11-7-8-14-29-23)30-28(37)31(27)17-20-9-5-4-6-10-20/h4-16,26-27H,17H2,1-3H3,(H,30,37)/t26-,27-/m1/s1. The van der Waals surface area contributed by atoms with Crippen LogP contribution < -0.4 is 10.1 Å². The number of thiocarbonyl (C=S) groups is 1. The normalized spacial score (nSPS) is 17.1. The molecule has 1 saturated heterocycles. The van der Waals surface area contributed by atoms with Gasteiger partial charge in [0.2, 0.25) is 0 Å². The van der Waals surface area contributed by atoms with E-state index in [0.717, 1.165) is 28.2 Å². The molecule has 5 rings (SSSR count). The summed E-state index contributed by atoms with van der Waals surface area (Å²) in [6.45, 7) is 4.65. The number of nitrogens with one attached hydrogen (secondary N) is 1. The topological polar surface area (TPSA) is 85.5 Å². The van der Waals surface area contributed by atoms with Crippen molar-refractivity contribution in [3.8, 4) is 11.4 Å². The third-order valence-corrected chi connectivity index (χ3v) is 7.15. The number of hydrogen-bond acceptors (Lipinski definition) is 5. The first-order valence-electron chi connectivity index (χ1n) is 11.9. The maximum Gasteiger partial charge on any atom is 0.271 e. The van der Waals surface area contributed by atoms with Crippen LogP contribution in [0.4, 0.5) is 5.69 Å². The van der Waals surface area contributed by atoms with E-state index >= 15 is 0 Å². The van der Waals surface area contributed by atoms with Gasteiger partial charge in [-0.2, -0.15) is 0 Å². The van der Waals surface area contributed by atoms with E-state index in [1.807, 2.05) is 54.8 Å². The van der Waals surface area contributed by atoms with Crippen molar-refractivity contribution in [2.45, 2.75) is 32.5 Å². The van der Waals surface area contributed by atoms with E-state index in [1.165, 1.54) is 6.07 Å². The molecule has 2 atom stereocenters. The summed E-state index contributed by atoms with van der Waals surface area (Å²) in [5.74, 6) is 0.557. The van der Waals surface area contributed by atoms with Gasteiger partial charge in [0, 0.05) is 36.3 Å². The molecule has 188 valence electrons. The first-order chi connectivity index (χ1) is 17.9. The van der Waals surface area contributed by atoms with Crippen LogP contribution in [0.25, 0.3) is 5.69 Å². The highest BCUT2D eigenvalue weighted by Crippen LogP contribution is 2.43. The van der Waals surface area contributed by atoms with E-state index in [9.17, 15) is 10.1 Å². The second-order valence-electron chi connectivity index (χ2n) is 9.02. The Morgan fingerprint density at radius 1 is 1.08 bits per heavy atom. The van der Waals surface area contributed by atoms with Crippen molar-refractivity contribution in [1.82, 2.24) is 19.8 Å². The van der Waals surface area contributed by atoms with Crippen LogP contribution in [0.5, 0.6) is 5.75 Å². The highest BCUT2D eigenvalue weighted by atomic mass is 32.1. The number of hydrogen-bond donors (Lipinski definition) is 1. The lowest BCUT2D eigenvalue weighted by atomic mass is 9.96. The number of non-ortho nitro benzene ring substituents is 1. The number of methoxy groups -OCH3 is 1. The number of pyridine rings is 1. The van der Waals surface area contributed by atoms with E-state index in [-0.39, 0.29) is 17.8 Å². The molecule has 8 nitrogen and oxygen atoms in total. The van der Waals surface area contributed by atoms with Crippen molar-refractivity contribution in [2.24, 2.45) is 0 Å². The van der Waals surface area contributed by atoms with Crippen molar-refractivity contribution in [1.29, 1.82) is 0 Å². The maximum absolute atomic E-state index is 11.5. The van der Waals surface area contributed by atoms with Crippen LogP contribution in [0.15, 0.2) is 79.0 Å². The van der Waals surface area contributed by atoms with Crippen molar-refractivity contribution >= 4 is 23.0 Å². The molecule has 0 aliphatic carbocycles. The molecule has 1 aliphatic heterocycles. The first-order valence-corrected chi connectivity index (χ1v) is 12.3. The third-order valence-electron chi connectivity index (χ3n) is 6.80. The van der Waals surface area contributed by atoms with Crippen molar-refractivity contribution < 1.29 is 9.66 Å². The fourth-order valence-electron chi connectivity index (χ4n) is 5.12. The van der Waals surface area contributed by atoms with E-state index in [4.69, 9.17) is 17.0 Å². The Morgan fingerprint density at radius 3 is 2.51 bits per heavy atom. The zero-order chi connectivity index (χ0) is 26.1. The van der Waals surface area contributed by atoms with Crippen LogP contribution in [0.3, 0.4) is 0 Å². The number of nitro benzene ring substituents is 1. The fourth-order valence-corrected chi connectivity index (χ4v) is 5.42. The largest absolute Gasteiger partial charge is 0.495 e. The Hall–Kier alpha value is -4.24. The zero-order valence-electron chi connectivity index (χ0n) is 20.8. The summed E-state index contributed by atoms with van der Waals surface area (Å²) in [7, 11) is 1.57. The van der Waals surface area contributed by atoms with Crippen molar-refractivity contribution in [3.05, 3.63) is 117 Å². The van der Waals surface area contributed by atoms with Crippen LogP contribution in [0, 0.1) is 24.0 Å². The number of aryl methyl sites for hydroxylation is 1. The van der Waals surface area contributed by atoms with Crippen LogP contribution in [0.1, 0.15) is 40.3 Å². The monoisotopic (exact) mass is 513 g/mol. The molecule has 3 heterocycles. The molecule has 1 aliphatic rings. The van der Waals surface area contributed by atoms with Crippen molar-refractivity contribution in [3.63, 3.8) is 0 Å². The highest BCUT2D eigenvalue weighted by molar-refractivity contribution is 7.80. The van der Waals surface area contributed by atoms with E-state index in [1.54, 1.807) is 25.4 Å². The van der Waals surface area contributed by atoms with E-state index < -0.39 is 4.92 Å². The second-order valence-corrected chi connectivity index (χ2v) is 9.40. The van der Waals surface area contributed by atoms with Gasteiger partial charge < -0.3 is 19.5 Å². The van der Waals surface area contributed by atoms with Gasteiger partial charge in [-0.05, 0) is 61.5 Å². The van der Waals surface area contributed by atoms with Crippen LogP contribution >= 0.6 is 12.2 Å². The zero-order valence-corrected chi connectivity index (χ0v) is 21.6. The summed E-state index contributed by atoms with van der Waals surface area (Å²) in [4.78, 5) is 18.0. The quantitative estimate of drug-likeness (QED) is 0.196. The number of ether oxygens (including phenoxy) is 1. The molecule has 0 bridgehead atoms. The summed E-state index contributed by atoms with van der Waals surface area (Å²) >= 11 is 5.84.